The molecule has 0 aromatic carbocycles. The van der Waals surface area contributed by atoms with Gasteiger partial charge in [-0.05, 0) is 46.5 Å². The Morgan fingerprint density at radius 2 is 1.80 bits per heavy atom. The van der Waals surface area contributed by atoms with Gasteiger partial charge in [-0.2, -0.15) is 0 Å². The summed E-state index contributed by atoms with van der Waals surface area (Å²) in [6, 6.07) is 0. The Bertz CT molecular complexity index is 313. The number of rotatable bonds is 7. The van der Waals surface area contributed by atoms with E-state index in [1.807, 2.05) is 20.8 Å². The molecule has 20 heavy (non-hydrogen) atoms. The molecule has 0 saturated carbocycles. The summed E-state index contributed by atoms with van der Waals surface area (Å²) in [7, 11) is 0. The van der Waals surface area contributed by atoms with Crippen molar-refractivity contribution >= 4 is 6.09 Å². The quantitative estimate of drug-likeness (QED) is 0.557. The number of hydrogen-bond acceptors (Lipinski definition) is 3. The Kier molecular flexibility index (Phi) is 8.54. The van der Waals surface area contributed by atoms with Crippen molar-refractivity contribution in [2.24, 2.45) is 11.8 Å². The molecule has 0 aromatic heterocycles. The Morgan fingerprint density at radius 3 is 2.25 bits per heavy atom. The SMILES string of the molecule is CC(C)=CCNCC(CNC(=O)OC(C)(C)C)C(C)C. The molecule has 0 fully saturated rings. The van der Waals surface area contributed by atoms with E-state index in [1.165, 1.54) is 5.57 Å². The van der Waals surface area contributed by atoms with Gasteiger partial charge in [0.1, 0.15) is 5.60 Å². The number of nitrogens with one attached hydrogen (secondary N) is 2. The lowest BCUT2D eigenvalue weighted by Gasteiger charge is -2.24. The number of amides is 1. The molecule has 1 atom stereocenters. The van der Waals surface area contributed by atoms with Crippen LogP contribution in [-0.2, 0) is 4.74 Å². The van der Waals surface area contributed by atoms with Gasteiger partial charge in [0.25, 0.3) is 0 Å². The predicted octanol–water partition coefficient (Wildman–Crippen LogP) is 3.34. The second kappa shape index (κ2) is 9.01. The summed E-state index contributed by atoms with van der Waals surface area (Å²) in [5.74, 6) is 0.900. The van der Waals surface area contributed by atoms with Gasteiger partial charge >= 0.3 is 6.09 Å². The molecule has 4 nitrogen and oxygen atoms in total. The molecule has 2 N–H and O–H groups in total. The second-order valence-corrected chi connectivity index (χ2v) is 6.83. The first-order valence-corrected chi connectivity index (χ1v) is 7.42. The number of hydrogen-bond donors (Lipinski definition) is 2. The molecule has 0 bridgehead atoms. The van der Waals surface area contributed by atoms with Crippen LogP contribution in [0.15, 0.2) is 11.6 Å². The van der Waals surface area contributed by atoms with Crippen molar-refractivity contribution in [3.8, 4) is 0 Å². The van der Waals surface area contributed by atoms with Crippen LogP contribution in [0.4, 0.5) is 4.79 Å². The van der Waals surface area contributed by atoms with E-state index in [0.29, 0.717) is 18.4 Å². The van der Waals surface area contributed by atoms with Crippen molar-refractivity contribution in [3.05, 3.63) is 11.6 Å². The predicted molar refractivity (Wildman–Crippen MR) is 84.9 cm³/mol. The van der Waals surface area contributed by atoms with Gasteiger partial charge in [0.05, 0.1) is 0 Å². The number of ether oxygens (including phenoxy) is 1. The number of carbonyl (C=O) groups is 1. The fourth-order valence-corrected chi connectivity index (χ4v) is 1.62. The van der Waals surface area contributed by atoms with Gasteiger partial charge in [-0.25, -0.2) is 4.79 Å². The van der Waals surface area contributed by atoms with Crippen LogP contribution in [0.1, 0.15) is 48.5 Å². The van der Waals surface area contributed by atoms with Crippen molar-refractivity contribution in [2.45, 2.75) is 54.1 Å². The van der Waals surface area contributed by atoms with Crippen molar-refractivity contribution in [1.82, 2.24) is 10.6 Å². The average Bonchev–Trinajstić information content (AvgIpc) is 2.24. The topological polar surface area (TPSA) is 50.4 Å². The van der Waals surface area contributed by atoms with Gasteiger partial charge in [-0.15, -0.1) is 0 Å². The minimum Gasteiger partial charge on any atom is -0.444 e. The number of allylic oxidation sites excluding steroid dienone is 1. The first kappa shape index (κ1) is 19.0. The van der Waals surface area contributed by atoms with Crippen LogP contribution in [0, 0.1) is 11.8 Å². The van der Waals surface area contributed by atoms with Crippen LogP contribution in [0.3, 0.4) is 0 Å². The van der Waals surface area contributed by atoms with Crippen molar-refractivity contribution in [2.75, 3.05) is 19.6 Å². The standard InChI is InChI=1S/C16H32N2O2/c1-12(2)8-9-17-10-14(13(3)4)11-18-15(19)20-16(5,6)7/h8,13-14,17H,9-11H2,1-7H3,(H,18,19). The molecule has 1 unspecified atom stereocenters. The molecule has 4 heteroatoms. The van der Waals surface area contributed by atoms with Gasteiger partial charge < -0.3 is 15.4 Å². The first-order chi connectivity index (χ1) is 9.11. The molecule has 118 valence electrons. The highest BCUT2D eigenvalue weighted by molar-refractivity contribution is 5.67. The lowest BCUT2D eigenvalue weighted by molar-refractivity contribution is 0.0515. The fraction of sp³-hybridized carbons (Fsp3) is 0.812. The van der Waals surface area contributed by atoms with Gasteiger partial charge in [-0.3, -0.25) is 0 Å². The second-order valence-electron chi connectivity index (χ2n) is 6.83. The zero-order chi connectivity index (χ0) is 15.8. The molecule has 0 saturated heterocycles. The lowest BCUT2D eigenvalue weighted by Crippen LogP contribution is -2.39. The number of alkyl carbamates (subject to hydrolysis) is 1. The molecule has 0 radical (unpaired) electrons. The Hall–Kier alpha value is -1.03. The van der Waals surface area contributed by atoms with E-state index in [9.17, 15) is 4.79 Å². The third kappa shape index (κ3) is 10.9. The molecule has 0 aliphatic heterocycles. The Labute approximate surface area is 124 Å². The maximum atomic E-state index is 11.6. The lowest BCUT2D eigenvalue weighted by atomic mass is 9.96. The highest BCUT2D eigenvalue weighted by atomic mass is 16.6. The smallest absolute Gasteiger partial charge is 0.407 e. The molecule has 0 rings (SSSR count). The highest BCUT2D eigenvalue weighted by Crippen LogP contribution is 2.10. The van der Waals surface area contributed by atoms with E-state index in [2.05, 4.69) is 44.4 Å². The molecule has 0 heterocycles. The van der Waals surface area contributed by atoms with Crippen molar-refractivity contribution < 1.29 is 9.53 Å². The third-order valence-corrected chi connectivity index (χ3v) is 2.91. The minimum atomic E-state index is -0.445. The van der Waals surface area contributed by atoms with Gasteiger partial charge in [0.15, 0.2) is 0 Å². The van der Waals surface area contributed by atoms with E-state index in [1.54, 1.807) is 0 Å². The molecule has 0 aromatic rings. The van der Waals surface area contributed by atoms with Crippen LogP contribution < -0.4 is 10.6 Å². The van der Waals surface area contributed by atoms with Crippen molar-refractivity contribution in [1.29, 1.82) is 0 Å². The number of carbonyl (C=O) groups excluding carboxylic acids is 1. The van der Waals surface area contributed by atoms with Gasteiger partial charge in [0, 0.05) is 19.6 Å². The largest absolute Gasteiger partial charge is 0.444 e. The zero-order valence-electron chi connectivity index (χ0n) is 14.2. The summed E-state index contributed by atoms with van der Waals surface area (Å²) in [5.41, 5.74) is 0.865. The fourth-order valence-electron chi connectivity index (χ4n) is 1.62. The van der Waals surface area contributed by atoms with Crippen LogP contribution in [-0.4, -0.2) is 31.3 Å². The zero-order valence-corrected chi connectivity index (χ0v) is 14.2. The summed E-state index contributed by atoms with van der Waals surface area (Å²) in [4.78, 5) is 11.6. The molecule has 0 aliphatic carbocycles. The van der Waals surface area contributed by atoms with E-state index in [-0.39, 0.29) is 6.09 Å². The summed E-state index contributed by atoms with van der Waals surface area (Å²) >= 11 is 0. The Morgan fingerprint density at radius 1 is 1.20 bits per heavy atom. The molecule has 0 aliphatic rings. The van der Waals surface area contributed by atoms with Gasteiger partial charge in [-0.1, -0.05) is 25.5 Å². The van der Waals surface area contributed by atoms with E-state index < -0.39 is 5.60 Å². The maximum Gasteiger partial charge on any atom is 0.407 e. The van der Waals surface area contributed by atoms with Crippen LogP contribution >= 0.6 is 0 Å². The van der Waals surface area contributed by atoms with Gasteiger partial charge in [0.2, 0.25) is 0 Å². The monoisotopic (exact) mass is 284 g/mol. The van der Waals surface area contributed by atoms with Crippen molar-refractivity contribution in [3.63, 3.8) is 0 Å². The summed E-state index contributed by atoms with van der Waals surface area (Å²) < 4.78 is 5.24. The average molecular weight is 284 g/mol. The van der Waals surface area contributed by atoms with Crippen LogP contribution in [0.5, 0.6) is 0 Å². The summed E-state index contributed by atoms with van der Waals surface area (Å²) in [6.45, 7) is 16.5. The molecular weight excluding hydrogens is 252 g/mol. The maximum absolute atomic E-state index is 11.6. The highest BCUT2D eigenvalue weighted by Gasteiger charge is 2.18. The summed E-state index contributed by atoms with van der Waals surface area (Å²) in [5, 5.41) is 6.26. The van der Waals surface area contributed by atoms with Crippen LogP contribution in [0.2, 0.25) is 0 Å². The minimum absolute atomic E-state index is 0.340. The van der Waals surface area contributed by atoms with E-state index >= 15 is 0 Å². The molecular formula is C16H32N2O2. The first-order valence-electron chi connectivity index (χ1n) is 7.42. The van der Waals surface area contributed by atoms with E-state index in [0.717, 1.165) is 13.1 Å². The third-order valence-electron chi connectivity index (χ3n) is 2.91. The molecule has 0 spiro atoms. The van der Waals surface area contributed by atoms with E-state index in [4.69, 9.17) is 4.74 Å². The summed E-state index contributed by atoms with van der Waals surface area (Å²) in [6.07, 6.45) is 1.83. The normalized spacial score (nSPS) is 13.0. The Balaban J connectivity index is 4.09. The molecule has 1 amide bonds. The van der Waals surface area contributed by atoms with Crippen LogP contribution in [0.25, 0.3) is 0 Å².